The standard InChI is InChI=1S/C10H12N4O2S2/c1-2-16-10(15)7-8(11)14-18-9(7)12-3-6-4-17-5-13-6/h4-5,12H,2-3H2,1H3,(H2,11,14). The molecule has 2 aromatic heterocycles. The summed E-state index contributed by atoms with van der Waals surface area (Å²) >= 11 is 2.66. The first-order valence-electron chi connectivity index (χ1n) is 5.25. The molecule has 96 valence electrons. The second kappa shape index (κ2) is 5.78. The first kappa shape index (κ1) is 12.8. The maximum absolute atomic E-state index is 11.7. The number of nitrogens with zero attached hydrogens (tertiary/aromatic N) is 2. The summed E-state index contributed by atoms with van der Waals surface area (Å²) in [6.07, 6.45) is 0. The van der Waals surface area contributed by atoms with E-state index in [0.717, 1.165) is 17.2 Å². The van der Waals surface area contributed by atoms with Gasteiger partial charge in [-0.2, -0.15) is 4.37 Å². The summed E-state index contributed by atoms with van der Waals surface area (Å²) in [4.78, 5) is 15.9. The van der Waals surface area contributed by atoms with E-state index in [1.165, 1.54) is 11.3 Å². The van der Waals surface area contributed by atoms with E-state index in [1.807, 2.05) is 5.38 Å². The molecule has 3 N–H and O–H groups in total. The normalized spacial score (nSPS) is 10.3. The first-order chi connectivity index (χ1) is 8.72. The highest BCUT2D eigenvalue weighted by molar-refractivity contribution is 7.11. The van der Waals surface area contributed by atoms with Crippen LogP contribution in [0.25, 0.3) is 0 Å². The molecule has 0 fully saturated rings. The minimum absolute atomic E-state index is 0.194. The molecular weight excluding hydrogens is 272 g/mol. The number of nitrogens with one attached hydrogen (secondary N) is 1. The Labute approximate surface area is 112 Å². The lowest BCUT2D eigenvalue weighted by Crippen LogP contribution is -2.10. The van der Waals surface area contributed by atoms with Gasteiger partial charge in [0.15, 0.2) is 5.82 Å². The lowest BCUT2D eigenvalue weighted by molar-refractivity contribution is 0.0529. The van der Waals surface area contributed by atoms with Crippen LogP contribution in [0.5, 0.6) is 0 Å². The molecule has 0 atom stereocenters. The lowest BCUT2D eigenvalue weighted by Gasteiger charge is -2.05. The zero-order chi connectivity index (χ0) is 13.0. The van der Waals surface area contributed by atoms with Crippen molar-refractivity contribution in [3.63, 3.8) is 0 Å². The van der Waals surface area contributed by atoms with Crippen LogP contribution >= 0.6 is 22.9 Å². The number of carbonyl (C=O) groups is 1. The Hall–Kier alpha value is -1.67. The average molecular weight is 284 g/mol. The predicted molar refractivity (Wildman–Crippen MR) is 71.9 cm³/mol. The van der Waals surface area contributed by atoms with Crippen molar-refractivity contribution in [2.75, 3.05) is 17.7 Å². The van der Waals surface area contributed by atoms with Crippen LogP contribution in [-0.2, 0) is 11.3 Å². The van der Waals surface area contributed by atoms with Crippen LogP contribution in [0.3, 0.4) is 0 Å². The third-order valence-corrected chi connectivity index (χ3v) is 3.57. The van der Waals surface area contributed by atoms with E-state index in [9.17, 15) is 4.79 Å². The van der Waals surface area contributed by atoms with Crippen LogP contribution in [0.2, 0.25) is 0 Å². The number of hydrogen-bond donors (Lipinski definition) is 2. The number of aromatic nitrogens is 2. The van der Waals surface area contributed by atoms with Crippen LogP contribution in [0.15, 0.2) is 10.9 Å². The molecule has 0 spiro atoms. The molecule has 18 heavy (non-hydrogen) atoms. The van der Waals surface area contributed by atoms with Gasteiger partial charge in [0.2, 0.25) is 0 Å². The highest BCUT2D eigenvalue weighted by Gasteiger charge is 2.20. The summed E-state index contributed by atoms with van der Waals surface area (Å²) in [7, 11) is 0. The van der Waals surface area contributed by atoms with Crippen molar-refractivity contribution >= 4 is 39.7 Å². The van der Waals surface area contributed by atoms with E-state index in [2.05, 4.69) is 14.7 Å². The van der Waals surface area contributed by atoms with Gasteiger partial charge in [-0.1, -0.05) is 0 Å². The van der Waals surface area contributed by atoms with Gasteiger partial charge in [0, 0.05) is 5.38 Å². The average Bonchev–Trinajstić information content (AvgIpc) is 2.96. The highest BCUT2D eigenvalue weighted by atomic mass is 32.1. The molecule has 0 bridgehead atoms. The summed E-state index contributed by atoms with van der Waals surface area (Å²) in [5.41, 5.74) is 8.63. The quantitative estimate of drug-likeness (QED) is 0.816. The maximum Gasteiger partial charge on any atom is 0.344 e. The first-order valence-corrected chi connectivity index (χ1v) is 6.97. The fourth-order valence-electron chi connectivity index (χ4n) is 1.32. The van der Waals surface area contributed by atoms with E-state index in [4.69, 9.17) is 10.5 Å². The van der Waals surface area contributed by atoms with Crippen LogP contribution in [0.4, 0.5) is 10.8 Å². The Morgan fingerprint density at radius 3 is 3.11 bits per heavy atom. The molecule has 0 aromatic carbocycles. The van der Waals surface area contributed by atoms with Gasteiger partial charge >= 0.3 is 5.97 Å². The maximum atomic E-state index is 11.7. The third-order valence-electron chi connectivity index (χ3n) is 2.11. The number of ether oxygens (including phenoxy) is 1. The van der Waals surface area contributed by atoms with Crippen molar-refractivity contribution in [1.82, 2.24) is 9.36 Å². The van der Waals surface area contributed by atoms with Gasteiger partial charge in [-0.3, -0.25) is 0 Å². The van der Waals surface area contributed by atoms with Crippen LogP contribution < -0.4 is 11.1 Å². The Kier molecular flexibility index (Phi) is 4.11. The second-order valence-corrected chi connectivity index (χ2v) is 4.82. The number of hydrogen-bond acceptors (Lipinski definition) is 8. The van der Waals surface area contributed by atoms with Gasteiger partial charge in [0.25, 0.3) is 0 Å². The molecule has 0 saturated carbocycles. The lowest BCUT2D eigenvalue weighted by atomic mass is 10.3. The summed E-state index contributed by atoms with van der Waals surface area (Å²) in [6, 6.07) is 0. The Morgan fingerprint density at radius 2 is 2.44 bits per heavy atom. The fourth-order valence-corrected chi connectivity index (χ4v) is 2.57. The molecule has 0 radical (unpaired) electrons. The number of esters is 1. The van der Waals surface area contributed by atoms with E-state index in [0.29, 0.717) is 23.7 Å². The highest BCUT2D eigenvalue weighted by Crippen LogP contribution is 2.27. The molecule has 0 amide bonds. The zero-order valence-corrected chi connectivity index (χ0v) is 11.3. The van der Waals surface area contributed by atoms with Gasteiger partial charge < -0.3 is 15.8 Å². The van der Waals surface area contributed by atoms with E-state index < -0.39 is 5.97 Å². The fraction of sp³-hybridized carbons (Fsp3) is 0.300. The van der Waals surface area contributed by atoms with Crippen molar-refractivity contribution in [2.45, 2.75) is 13.5 Å². The van der Waals surface area contributed by atoms with Gasteiger partial charge in [0.1, 0.15) is 10.6 Å². The minimum Gasteiger partial charge on any atom is -0.462 e. The van der Waals surface area contributed by atoms with Crippen molar-refractivity contribution in [3.05, 3.63) is 22.1 Å². The Morgan fingerprint density at radius 1 is 1.61 bits per heavy atom. The van der Waals surface area contributed by atoms with Crippen LogP contribution in [0.1, 0.15) is 23.0 Å². The molecule has 0 unspecified atom stereocenters. The summed E-state index contributed by atoms with van der Waals surface area (Å²) in [5.74, 6) is -0.260. The largest absolute Gasteiger partial charge is 0.462 e. The third kappa shape index (κ3) is 2.77. The SMILES string of the molecule is CCOC(=O)c1c(N)nsc1NCc1cscn1. The number of nitrogens with two attached hydrogens (primary N) is 1. The van der Waals surface area contributed by atoms with E-state index in [-0.39, 0.29) is 5.82 Å². The number of nitrogen functional groups attached to an aromatic ring is 1. The summed E-state index contributed by atoms with van der Waals surface area (Å²) < 4.78 is 8.90. The smallest absolute Gasteiger partial charge is 0.344 e. The molecule has 0 aliphatic rings. The van der Waals surface area contributed by atoms with E-state index >= 15 is 0 Å². The molecular formula is C10H12N4O2S2. The predicted octanol–water partition coefficient (Wildman–Crippen LogP) is 1.97. The number of anilines is 2. The van der Waals surface area contributed by atoms with Crippen molar-refractivity contribution in [1.29, 1.82) is 0 Å². The van der Waals surface area contributed by atoms with Gasteiger partial charge in [0.05, 0.1) is 24.4 Å². The van der Waals surface area contributed by atoms with Gasteiger partial charge in [-0.15, -0.1) is 11.3 Å². The molecule has 0 saturated heterocycles. The second-order valence-electron chi connectivity index (χ2n) is 3.33. The number of carbonyl (C=O) groups excluding carboxylic acids is 1. The molecule has 2 aromatic rings. The number of thiazole rings is 1. The number of rotatable bonds is 5. The Balaban J connectivity index is 2.10. The van der Waals surface area contributed by atoms with Crippen molar-refractivity contribution in [3.8, 4) is 0 Å². The summed E-state index contributed by atoms with van der Waals surface area (Å²) in [5, 5.41) is 5.64. The van der Waals surface area contributed by atoms with E-state index in [1.54, 1.807) is 12.4 Å². The topological polar surface area (TPSA) is 90.1 Å². The van der Waals surface area contributed by atoms with Crippen molar-refractivity contribution in [2.24, 2.45) is 0 Å². The molecule has 0 aliphatic carbocycles. The Bertz CT molecular complexity index is 524. The zero-order valence-electron chi connectivity index (χ0n) is 9.67. The van der Waals surface area contributed by atoms with Crippen LogP contribution in [-0.4, -0.2) is 21.9 Å². The van der Waals surface area contributed by atoms with Gasteiger partial charge in [-0.25, -0.2) is 9.78 Å². The van der Waals surface area contributed by atoms with Crippen molar-refractivity contribution < 1.29 is 9.53 Å². The minimum atomic E-state index is -0.454. The van der Waals surface area contributed by atoms with Crippen LogP contribution in [0, 0.1) is 0 Å². The molecule has 2 rings (SSSR count). The summed E-state index contributed by atoms with van der Waals surface area (Å²) in [6.45, 7) is 2.58. The molecule has 0 aliphatic heterocycles. The monoisotopic (exact) mass is 284 g/mol. The molecule has 6 nitrogen and oxygen atoms in total. The molecule has 2 heterocycles. The molecule has 8 heteroatoms. The van der Waals surface area contributed by atoms with Gasteiger partial charge in [-0.05, 0) is 18.5 Å².